The Balaban J connectivity index is 1.99. The van der Waals surface area contributed by atoms with E-state index in [1.165, 1.54) is 13.4 Å². The topological polar surface area (TPSA) is 137 Å². The van der Waals surface area contributed by atoms with Gasteiger partial charge in [-0.05, 0) is 32.2 Å². The minimum Gasteiger partial charge on any atom is -0.469 e. The predicted octanol–water partition coefficient (Wildman–Crippen LogP) is -0.0302. The van der Waals surface area contributed by atoms with Crippen LogP contribution in [0.4, 0.5) is 0 Å². The van der Waals surface area contributed by atoms with Crippen LogP contribution in [0.3, 0.4) is 0 Å². The maximum atomic E-state index is 12.6. The van der Waals surface area contributed by atoms with E-state index in [9.17, 15) is 14.4 Å². The first kappa shape index (κ1) is 18.9. The normalized spacial score (nSPS) is 20.7. The third-order valence-electron chi connectivity index (χ3n) is 4.33. The molecule has 25 heavy (non-hydrogen) atoms. The van der Waals surface area contributed by atoms with Crippen molar-refractivity contribution in [3.05, 3.63) is 18.4 Å². The van der Waals surface area contributed by atoms with E-state index in [0.717, 1.165) is 12.8 Å². The first-order valence-electron chi connectivity index (χ1n) is 8.34. The van der Waals surface area contributed by atoms with Gasteiger partial charge in [0.05, 0.1) is 13.0 Å². The van der Waals surface area contributed by atoms with E-state index in [1.807, 2.05) is 0 Å². The zero-order valence-corrected chi connectivity index (χ0v) is 14.2. The van der Waals surface area contributed by atoms with Crippen molar-refractivity contribution in [3.63, 3.8) is 0 Å². The summed E-state index contributed by atoms with van der Waals surface area (Å²) in [5.41, 5.74) is 5.61. The number of carbonyl (C=O) groups is 3. The van der Waals surface area contributed by atoms with Crippen molar-refractivity contribution in [1.29, 1.82) is 0 Å². The van der Waals surface area contributed by atoms with E-state index < -0.39 is 11.9 Å². The minimum absolute atomic E-state index is 0.0962. The van der Waals surface area contributed by atoms with Crippen LogP contribution in [0.2, 0.25) is 0 Å². The van der Waals surface area contributed by atoms with Crippen molar-refractivity contribution in [2.24, 2.45) is 11.7 Å². The number of ether oxygens (including phenoxy) is 1. The lowest BCUT2D eigenvalue weighted by molar-refractivity contribution is -0.146. The fourth-order valence-corrected chi connectivity index (χ4v) is 3.00. The quantitative estimate of drug-likeness (QED) is 0.559. The molecule has 0 bridgehead atoms. The molecule has 4 N–H and O–H groups in total. The Bertz CT molecular complexity index is 589. The molecule has 1 fully saturated rings. The van der Waals surface area contributed by atoms with Crippen LogP contribution in [0.1, 0.15) is 42.6 Å². The van der Waals surface area contributed by atoms with E-state index in [2.05, 4.69) is 15.6 Å². The third kappa shape index (κ3) is 5.02. The zero-order chi connectivity index (χ0) is 18.2. The molecule has 1 saturated carbocycles. The second-order valence-electron chi connectivity index (χ2n) is 6.01. The summed E-state index contributed by atoms with van der Waals surface area (Å²) in [4.78, 5) is 40.3. The lowest BCUT2D eigenvalue weighted by Gasteiger charge is -2.23. The van der Waals surface area contributed by atoms with Crippen LogP contribution in [0.25, 0.3) is 0 Å². The van der Waals surface area contributed by atoms with E-state index >= 15 is 0 Å². The number of hydrogen-bond acceptors (Lipinski definition) is 7. The monoisotopic (exact) mass is 352 g/mol. The molecule has 0 aromatic carbocycles. The number of hydrogen-bond donors (Lipinski definition) is 3. The van der Waals surface area contributed by atoms with Crippen LogP contribution in [-0.2, 0) is 14.3 Å². The number of nitrogens with one attached hydrogen (secondary N) is 2. The largest absolute Gasteiger partial charge is 0.469 e. The molecule has 9 nitrogen and oxygen atoms in total. The fourth-order valence-electron chi connectivity index (χ4n) is 3.00. The van der Waals surface area contributed by atoms with Gasteiger partial charge in [-0.1, -0.05) is 6.42 Å². The lowest BCUT2D eigenvalue weighted by atomic mass is 10.0. The summed E-state index contributed by atoms with van der Waals surface area (Å²) >= 11 is 0. The van der Waals surface area contributed by atoms with Gasteiger partial charge < -0.3 is 25.5 Å². The molecule has 1 aromatic heterocycles. The number of methoxy groups -OCH3 is 1. The van der Waals surface area contributed by atoms with Crippen molar-refractivity contribution in [2.45, 2.75) is 44.2 Å². The molecule has 9 heteroatoms. The molecular formula is C16H24N4O5. The van der Waals surface area contributed by atoms with Crippen LogP contribution in [0, 0.1) is 5.92 Å². The minimum atomic E-state index is -0.758. The van der Waals surface area contributed by atoms with Crippen molar-refractivity contribution < 1.29 is 23.5 Å². The van der Waals surface area contributed by atoms with Gasteiger partial charge in [0, 0.05) is 6.04 Å². The Hall–Kier alpha value is -2.42. The van der Waals surface area contributed by atoms with Gasteiger partial charge >= 0.3 is 5.97 Å². The summed E-state index contributed by atoms with van der Waals surface area (Å²) in [5, 5.41) is 5.51. The van der Waals surface area contributed by atoms with Crippen LogP contribution < -0.4 is 16.4 Å². The highest BCUT2D eigenvalue weighted by Crippen LogP contribution is 2.26. The summed E-state index contributed by atoms with van der Waals surface area (Å²) in [6.45, 7) is 0.401. The van der Waals surface area contributed by atoms with E-state index in [4.69, 9.17) is 14.9 Å². The van der Waals surface area contributed by atoms with Gasteiger partial charge in [-0.15, -0.1) is 0 Å². The number of rotatable bonds is 8. The van der Waals surface area contributed by atoms with Crippen LogP contribution in [-0.4, -0.2) is 48.5 Å². The van der Waals surface area contributed by atoms with Crippen LogP contribution in [0.15, 0.2) is 17.1 Å². The number of nitrogens with two attached hydrogens (primary N) is 1. The average Bonchev–Trinajstić information content (AvgIpc) is 3.29. The number of amides is 2. The standard InChI is InChI=1S/C16H24N4O5/c1-24-16(23)10-4-2-5-11(10)19-14(21)12(6-3-7-17)20-15(22)13-8-25-9-18-13/h8-12H,2-7,17H2,1H3,(H,19,21)(H,20,22)/t10-,11+,12+/m1/s1. The van der Waals surface area contributed by atoms with Crippen LogP contribution >= 0.6 is 0 Å². The van der Waals surface area contributed by atoms with Crippen LogP contribution in [0.5, 0.6) is 0 Å². The number of carbonyl (C=O) groups excluding carboxylic acids is 3. The summed E-state index contributed by atoms with van der Waals surface area (Å²) in [7, 11) is 1.34. The lowest BCUT2D eigenvalue weighted by Crippen LogP contribution is -2.51. The van der Waals surface area contributed by atoms with Gasteiger partial charge in [0.2, 0.25) is 5.91 Å². The summed E-state index contributed by atoms with van der Waals surface area (Å²) in [6, 6.07) is -1.05. The number of aromatic nitrogens is 1. The molecule has 1 aromatic rings. The summed E-state index contributed by atoms with van der Waals surface area (Å²) < 4.78 is 9.56. The van der Waals surface area contributed by atoms with Gasteiger partial charge in [0.25, 0.3) is 5.91 Å². The Morgan fingerprint density at radius 3 is 2.88 bits per heavy atom. The molecule has 1 aliphatic rings. The molecule has 2 amide bonds. The van der Waals surface area contributed by atoms with Crippen molar-refractivity contribution in [1.82, 2.24) is 15.6 Å². The highest BCUT2D eigenvalue weighted by molar-refractivity contribution is 5.96. The molecule has 1 heterocycles. The van der Waals surface area contributed by atoms with Crippen molar-refractivity contribution in [2.75, 3.05) is 13.7 Å². The maximum absolute atomic E-state index is 12.6. The van der Waals surface area contributed by atoms with Gasteiger partial charge in [0.1, 0.15) is 12.3 Å². The summed E-state index contributed by atoms with van der Waals surface area (Å²) in [5.74, 6) is -1.52. The van der Waals surface area contributed by atoms with Crippen molar-refractivity contribution >= 4 is 17.8 Å². The first-order valence-corrected chi connectivity index (χ1v) is 8.34. The maximum Gasteiger partial charge on any atom is 0.310 e. The molecule has 3 atom stereocenters. The third-order valence-corrected chi connectivity index (χ3v) is 4.33. The van der Waals surface area contributed by atoms with E-state index in [-0.39, 0.29) is 29.5 Å². The molecule has 1 aliphatic carbocycles. The van der Waals surface area contributed by atoms with Gasteiger partial charge in [0.15, 0.2) is 12.1 Å². The predicted molar refractivity (Wildman–Crippen MR) is 87.3 cm³/mol. The van der Waals surface area contributed by atoms with Crippen molar-refractivity contribution in [3.8, 4) is 0 Å². The second kappa shape index (κ2) is 9.16. The van der Waals surface area contributed by atoms with E-state index in [0.29, 0.717) is 32.2 Å². The molecule has 0 unspecified atom stereocenters. The molecule has 2 rings (SSSR count). The van der Waals surface area contributed by atoms with Gasteiger partial charge in [-0.2, -0.15) is 0 Å². The number of nitrogens with zero attached hydrogens (tertiary/aromatic N) is 1. The summed E-state index contributed by atoms with van der Waals surface area (Å²) in [6.07, 6.45) is 5.52. The van der Waals surface area contributed by atoms with Gasteiger partial charge in [-0.25, -0.2) is 4.98 Å². The molecule has 0 saturated heterocycles. The molecular weight excluding hydrogens is 328 g/mol. The van der Waals surface area contributed by atoms with Gasteiger partial charge in [-0.3, -0.25) is 14.4 Å². The van der Waals surface area contributed by atoms with E-state index in [1.54, 1.807) is 0 Å². The molecule has 0 spiro atoms. The smallest absolute Gasteiger partial charge is 0.310 e. The fraction of sp³-hybridized carbons (Fsp3) is 0.625. The highest BCUT2D eigenvalue weighted by Gasteiger charge is 2.36. The Morgan fingerprint density at radius 1 is 1.44 bits per heavy atom. The Morgan fingerprint density at radius 2 is 2.24 bits per heavy atom. The SMILES string of the molecule is COC(=O)[C@@H]1CCC[C@@H]1NC(=O)[C@H](CCCN)NC(=O)c1cocn1. The molecule has 0 radical (unpaired) electrons. The second-order valence-corrected chi connectivity index (χ2v) is 6.01. The zero-order valence-electron chi connectivity index (χ0n) is 14.2. The number of esters is 1. The first-order chi connectivity index (χ1) is 12.1. The number of oxazole rings is 1. The Kier molecular flexibility index (Phi) is 6.93. The molecule has 138 valence electrons. The average molecular weight is 352 g/mol. The Labute approximate surface area is 145 Å². The highest BCUT2D eigenvalue weighted by atomic mass is 16.5. The molecule has 0 aliphatic heterocycles.